The second kappa shape index (κ2) is 6.32. The number of nitrogens with zero attached hydrogens (tertiary/aromatic N) is 2. The van der Waals surface area contributed by atoms with Crippen molar-refractivity contribution in [3.8, 4) is 34.1 Å². The number of aromatic nitrogens is 1. The number of ketones is 1. The minimum Gasteiger partial charge on any atom is -0.449 e. The first-order valence-electron chi connectivity index (χ1n) is 8.53. The molecule has 6 heteroatoms. The molecular weight excluding hydrogens is 356 g/mol. The number of carbonyl (C=O) groups is 2. The summed E-state index contributed by atoms with van der Waals surface area (Å²) in [7, 11) is 0. The van der Waals surface area contributed by atoms with E-state index in [-0.39, 0.29) is 17.1 Å². The lowest BCUT2D eigenvalue weighted by molar-refractivity contribution is 0.104. The fraction of sp³-hybridized carbons (Fsp3) is 0.0909. The van der Waals surface area contributed by atoms with Crippen molar-refractivity contribution in [2.45, 2.75) is 13.8 Å². The van der Waals surface area contributed by atoms with Gasteiger partial charge in [0.15, 0.2) is 11.5 Å². The van der Waals surface area contributed by atoms with Gasteiger partial charge < -0.3 is 9.84 Å². The van der Waals surface area contributed by atoms with Crippen LogP contribution in [0.3, 0.4) is 0 Å². The molecule has 4 rings (SSSR count). The van der Waals surface area contributed by atoms with E-state index in [1.54, 1.807) is 44.2 Å². The Morgan fingerprint density at radius 3 is 2.29 bits per heavy atom. The smallest absolute Gasteiger partial charge is 0.449 e. The van der Waals surface area contributed by atoms with E-state index in [9.17, 15) is 20.0 Å². The molecule has 0 spiro atoms. The van der Waals surface area contributed by atoms with Crippen LogP contribution in [0.15, 0.2) is 42.5 Å². The van der Waals surface area contributed by atoms with E-state index in [1.807, 2.05) is 12.1 Å². The molecule has 0 saturated carbocycles. The molecule has 0 saturated heterocycles. The number of hydrogen-bond acceptors (Lipinski definition) is 5. The maximum absolute atomic E-state index is 12.8. The van der Waals surface area contributed by atoms with Crippen molar-refractivity contribution in [1.82, 2.24) is 4.98 Å². The van der Waals surface area contributed by atoms with E-state index in [4.69, 9.17) is 4.74 Å². The Kier molecular flexibility index (Phi) is 3.94. The lowest BCUT2D eigenvalue weighted by Gasteiger charge is -2.17. The molecule has 1 aliphatic rings. The fourth-order valence-electron chi connectivity index (χ4n) is 3.72. The Morgan fingerprint density at radius 1 is 0.964 bits per heavy atom. The summed E-state index contributed by atoms with van der Waals surface area (Å²) in [6.07, 6.45) is -1.50. The number of benzene rings is 2. The molecule has 0 aliphatic heterocycles. The van der Waals surface area contributed by atoms with Crippen molar-refractivity contribution in [2.24, 2.45) is 0 Å². The molecule has 0 atom stereocenters. The van der Waals surface area contributed by atoms with Crippen LogP contribution >= 0.6 is 0 Å². The van der Waals surface area contributed by atoms with Crippen LogP contribution in [0.4, 0.5) is 4.79 Å². The summed E-state index contributed by atoms with van der Waals surface area (Å²) in [5.74, 6) is -0.103. The van der Waals surface area contributed by atoms with E-state index in [0.29, 0.717) is 39.2 Å². The number of fused-ring (bicyclic) bond motifs is 3. The van der Waals surface area contributed by atoms with Crippen LogP contribution in [0.5, 0.6) is 5.75 Å². The Balaban J connectivity index is 2.13. The summed E-state index contributed by atoms with van der Waals surface area (Å²) < 4.78 is 5.02. The fourth-order valence-corrected chi connectivity index (χ4v) is 3.72. The zero-order valence-corrected chi connectivity index (χ0v) is 15.1. The third-order valence-corrected chi connectivity index (χ3v) is 4.82. The van der Waals surface area contributed by atoms with Crippen LogP contribution < -0.4 is 4.74 Å². The Labute approximate surface area is 160 Å². The summed E-state index contributed by atoms with van der Waals surface area (Å²) in [6.45, 7) is 3.31. The molecule has 28 heavy (non-hydrogen) atoms. The van der Waals surface area contributed by atoms with Gasteiger partial charge in [-0.2, -0.15) is 5.26 Å². The summed E-state index contributed by atoms with van der Waals surface area (Å²) >= 11 is 0. The SMILES string of the molecule is Cc1nc(C)c(OC(=O)O)c(-c2cccc3c2-c2ccccc2C3=O)c1C#N. The molecule has 0 amide bonds. The van der Waals surface area contributed by atoms with Gasteiger partial charge in [0, 0.05) is 22.3 Å². The van der Waals surface area contributed by atoms with Crippen LogP contribution in [-0.4, -0.2) is 22.0 Å². The van der Waals surface area contributed by atoms with Crippen LogP contribution in [0.25, 0.3) is 22.3 Å². The summed E-state index contributed by atoms with van der Waals surface area (Å²) in [5, 5.41) is 18.9. The Hall–Kier alpha value is -3.98. The number of aryl methyl sites for hydroxylation is 2. The number of ether oxygens (including phenoxy) is 1. The van der Waals surface area contributed by atoms with E-state index >= 15 is 0 Å². The molecular formula is C22H14N2O4. The predicted octanol–water partition coefficient (Wildman–Crippen LogP) is 4.51. The first-order valence-corrected chi connectivity index (χ1v) is 8.53. The topological polar surface area (TPSA) is 100 Å². The normalized spacial score (nSPS) is 11.5. The number of pyridine rings is 1. The van der Waals surface area contributed by atoms with E-state index in [1.165, 1.54) is 0 Å². The molecule has 1 heterocycles. The minimum atomic E-state index is -1.50. The van der Waals surface area contributed by atoms with Gasteiger partial charge in [-0.25, -0.2) is 4.79 Å². The van der Waals surface area contributed by atoms with Crippen molar-refractivity contribution in [1.29, 1.82) is 5.26 Å². The van der Waals surface area contributed by atoms with E-state index in [0.717, 1.165) is 5.56 Å². The van der Waals surface area contributed by atoms with Crippen molar-refractivity contribution >= 4 is 11.9 Å². The van der Waals surface area contributed by atoms with Crippen molar-refractivity contribution in [3.63, 3.8) is 0 Å². The number of carbonyl (C=O) groups excluding carboxylic acids is 1. The molecule has 1 N–H and O–H groups in total. The number of hydrogen-bond donors (Lipinski definition) is 1. The number of carboxylic acid groups (broad SMARTS) is 1. The third kappa shape index (κ3) is 2.45. The second-order valence-electron chi connectivity index (χ2n) is 6.44. The zero-order valence-electron chi connectivity index (χ0n) is 15.1. The summed E-state index contributed by atoms with van der Waals surface area (Å²) in [6, 6.07) is 14.5. The highest BCUT2D eigenvalue weighted by Gasteiger charge is 2.31. The molecule has 0 unspecified atom stereocenters. The molecule has 3 aromatic rings. The van der Waals surface area contributed by atoms with Gasteiger partial charge in [-0.05, 0) is 25.0 Å². The Bertz CT molecular complexity index is 1220. The number of rotatable bonds is 2. The number of nitriles is 1. The van der Waals surface area contributed by atoms with Gasteiger partial charge in [0.25, 0.3) is 0 Å². The van der Waals surface area contributed by atoms with Gasteiger partial charge >= 0.3 is 6.16 Å². The van der Waals surface area contributed by atoms with Gasteiger partial charge in [0.2, 0.25) is 0 Å². The van der Waals surface area contributed by atoms with Crippen LogP contribution in [0, 0.1) is 25.2 Å². The molecule has 1 aliphatic carbocycles. The molecule has 0 fully saturated rings. The first-order chi connectivity index (χ1) is 13.4. The van der Waals surface area contributed by atoms with Gasteiger partial charge in [-0.3, -0.25) is 9.78 Å². The molecule has 0 radical (unpaired) electrons. The third-order valence-electron chi connectivity index (χ3n) is 4.82. The summed E-state index contributed by atoms with van der Waals surface area (Å²) in [4.78, 5) is 28.4. The molecule has 6 nitrogen and oxygen atoms in total. The highest BCUT2D eigenvalue weighted by Crippen LogP contribution is 2.47. The van der Waals surface area contributed by atoms with Gasteiger partial charge in [0.05, 0.1) is 17.0 Å². The standard InChI is InChI=1S/C22H14N2O4/c1-11-17(10-23)19(21(12(2)24-11)28-22(26)27)15-8-5-9-16-18(15)13-6-3-4-7-14(13)20(16)25/h3-9H,1-2H3,(H,26,27). The highest BCUT2D eigenvalue weighted by atomic mass is 16.7. The average Bonchev–Trinajstić information content (AvgIpc) is 2.96. The molecule has 1 aromatic heterocycles. The van der Waals surface area contributed by atoms with Gasteiger partial charge in [-0.15, -0.1) is 0 Å². The van der Waals surface area contributed by atoms with E-state index in [2.05, 4.69) is 11.1 Å². The lowest BCUT2D eigenvalue weighted by Crippen LogP contribution is -2.09. The minimum absolute atomic E-state index is 0.000111. The highest BCUT2D eigenvalue weighted by molar-refractivity contribution is 6.24. The zero-order chi connectivity index (χ0) is 20.0. The van der Waals surface area contributed by atoms with Crippen molar-refractivity contribution in [2.75, 3.05) is 0 Å². The Morgan fingerprint density at radius 2 is 1.61 bits per heavy atom. The van der Waals surface area contributed by atoms with Crippen LogP contribution in [0.2, 0.25) is 0 Å². The quantitative estimate of drug-likeness (QED) is 0.521. The van der Waals surface area contributed by atoms with E-state index < -0.39 is 6.16 Å². The van der Waals surface area contributed by atoms with Crippen molar-refractivity contribution in [3.05, 3.63) is 70.5 Å². The van der Waals surface area contributed by atoms with Crippen LogP contribution in [0.1, 0.15) is 32.9 Å². The molecule has 136 valence electrons. The molecule has 2 aromatic carbocycles. The first kappa shape index (κ1) is 17.4. The van der Waals surface area contributed by atoms with Crippen LogP contribution in [-0.2, 0) is 0 Å². The maximum Gasteiger partial charge on any atom is 0.511 e. The second-order valence-corrected chi connectivity index (χ2v) is 6.44. The lowest BCUT2D eigenvalue weighted by atomic mass is 9.90. The maximum atomic E-state index is 12.8. The summed E-state index contributed by atoms with van der Waals surface area (Å²) in [5.41, 5.74) is 4.42. The van der Waals surface area contributed by atoms with Crippen molar-refractivity contribution < 1.29 is 19.4 Å². The predicted molar refractivity (Wildman–Crippen MR) is 101 cm³/mol. The molecule has 0 bridgehead atoms. The average molecular weight is 370 g/mol. The van der Waals surface area contributed by atoms with Gasteiger partial charge in [0.1, 0.15) is 6.07 Å². The monoisotopic (exact) mass is 370 g/mol. The van der Waals surface area contributed by atoms with Gasteiger partial charge in [-0.1, -0.05) is 42.5 Å². The largest absolute Gasteiger partial charge is 0.511 e.